The van der Waals surface area contributed by atoms with E-state index >= 15 is 0 Å². The molecule has 2 heterocycles. The third-order valence-electron chi connectivity index (χ3n) is 4.01. The summed E-state index contributed by atoms with van der Waals surface area (Å²) < 4.78 is 5.71. The molecule has 0 atom stereocenters. The lowest BCUT2D eigenvalue weighted by Crippen LogP contribution is -2.35. The van der Waals surface area contributed by atoms with E-state index in [1.807, 2.05) is 4.98 Å². The monoisotopic (exact) mass is 425 g/mol. The highest BCUT2D eigenvalue weighted by Gasteiger charge is 2.33. The number of aromatic amines is 1. The number of aromatic nitrogens is 5. The van der Waals surface area contributed by atoms with Crippen LogP contribution in [-0.2, 0) is 5.41 Å². The summed E-state index contributed by atoms with van der Waals surface area (Å²) in [4.78, 5) is 40.9. The van der Waals surface area contributed by atoms with Gasteiger partial charge >= 0.3 is 11.7 Å². The second-order valence-electron chi connectivity index (χ2n) is 6.37. The fraction of sp³-hybridized carbons (Fsp3) is 0.250. The average Bonchev–Trinajstić information content (AvgIpc) is 3.01. The summed E-state index contributed by atoms with van der Waals surface area (Å²) in [7, 11) is 0. The molecule has 12 heteroatoms. The number of benzene rings is 1. The summed E-state index contributed by atoms with van der Waals surface area (Å²) in [6.45, 7) is 5.22. The van der Waals surface area contributed by atoms with E-state index in [9.17, 15) is 14.4 Å². The largest absolute Gasteiger partial charge is 0.476 e. The maximum absolute atomic E-state index is 12.1. The van der Waals surface area contributed by atoms with E-state index < -0.39 is 28.3 Å². The van der Waals surface area contributed by atoms with E-state index in [2.05, 4.69) is 15.2 Å². The van der Waals surface area contributed by atoms with E-state index in [0.717, 1.165) is 0 Å². The van der Waals surface area contributed by atoms with Crippen molar-refractivity contribution in [3.63, 3.8) is 0 Å². The Kier molecular flexibility index (Phi) is 4.86. The van der Waals surface area contributed by atoms with Crippen molar-refractivity contribution in [2.75, 3.05) is 0 Å². The molecule has 0 spiro atoms. The second kappa shape index (κ2) is 6.88. The number of aromatic carboxylic acids is 1. The zero-order valence-corrected chi connectivity index (χ0v) is 16.3. The summed E-state index contributed by atoms with van der Waals surface area (Å²) >= 11 is 12.8. The molecule has 146 valence electrons. The minimum Gasteiger partial charge on any atom is -0.476 e. The number of carboxylic acid groups (broad SMARTS) is 1. The molecular formula is C16H13Cl2N5O5. The third kappa shape index (κ3) is 3.32. The fourth-order valence-corrected chi connectivity index (χ4v) is 3.61. The Labute approximate surface area is 166 Å². The molecule has 0 saturated carbocycles. The minimum atomic E-state index is -1.59. The molecule has 0 aliphatic carbocycles. The number of H-pyrrole nitrogens is 1. The summed E-state index contributed by atoms with van der Waals surface area (Å²) in [5.74, 6) is -0.858. The Morgan fingerprint density at radius 3 is 2.36 bits per heavy atom. The van der Waals surface area contributed by atoms with Crippen LogP contribution in [0, 0.1) is 6.92 Å². The Morgan fingerprint density at radius 1 is 1.25 bits per heavy atom. The van der Waals surface area contributed by atoms with Crippen molar-refractivity contribution >= 4 is 29.2 Å². The molecular weight excluding hydrogens is 413 g/mol. The Hall–Kier alpha value is -2.98. The van der Waals surface area contributed by atoms with Crippen LogP contribution >= 0.6 is 23.2 Å². The van der Waals surface area contributed by atoms with Gasteiger partial charge in [0.25, 0.3) is 5.56 Å². The van der Waals surface area contributed by atoms with Gasteiger partial charge in [0.1, 0.15) is 0 Å². The highest BCUT2D eigenvalue weighted by molar-refractivity contribution is 6.36. The fourth-order valence-electron chi connectivity index (χ4n) is 2.66. The van der Waals surface area contributed by atoms with E-state index in [-0.39, 0.29) is 15.7 Å². The van der Waals surface area contributed by atoms with E-state index in [1.165, 1.54) is 12.1 Å². The lowest BCUT2D eigenvalue weighted by Gasteiger charge is -2.24. The summed E-state index contributed by atoms with van der Waals surface area (Å²) in [6.07, 6.45) is 0. The SMILES string of the molecule is Cc1nc(C(C)(C)c2c(Cl)cc(-n3nc(C(=O)O)c(=O)[nH]c3=O)cc2Cl)no1. The maximum Gasteiger partial charge on any atom is 0.362 e. The number of nitrogens with zero attached hydrogens (tertiary/aromatic N) is 4. The van der Waals surface area contributed by atoms with E-state index in [1.54, 1.807) is 20.8 Å². The highest BCUT2D eigenvalue weighted by Crippen LogP contribution is 2.40. The summed E-state index contributed by atoms with van der Waals surface area (Å²) in [6, 6.07) is 2.74. The standard InChI is InChI=1S/C16H13Cl2N5O5/c1-6-19-14(22-28-6)16(2,3)10-8(17)4-7(5-9(10)18)23-15(27)20-12(24)11(21-23)13(25)26/h4-5H,1-3H3,(H,25,26)(H,20,24,27). The van der Waals surface area contributed by atoms with Crippen LogP contribution in [0.1, 0.15) is 41.6 Å². The highest BCUT2D eigenvalue weighted by atomic mass is 35.5. The van der Waals surface area contributed by atoms with E-state index in [0.29, 0.717) is 22.0 Å². The molecule has 0 fully saturated rings. The summed E-state index contributed by atoms with van der Waals surface area (Å²) in [5.41, 5.74) is -3.20. The number of hydrogen-bond donors (Lipinski definition) is 2. The molecule has 28 heavy (non-hydrogen) atoms. The number of carboxylic acids is 1. The number of hydrogen-bond acceptors (Lipinski definition) is 7. The van der Waals surface area contributed by atoms with Gasteiger partial charge in [0, 0.05) is 22.5 Å². The van der Waals surface area contributed by atoms with Gasteiger partial charge in [0.15, 0.2) is 5.82 Å². The predicted octanol–water partition coefficient (Wildman–Crippen LogP) is 1.94. The van der Waals surface area contributed by atoms with Gasteiger partial charge < -0.3 is 9.63 Å². The molecule has 0 aliphatic rings. The van der Waals surface area contributed by atoms with Gasteiger partial charge in [-0.3, -0.25) is 9.78 Å². The molecule has 2 N–H and O–H groups in total. The lowest BCUT2D eigenvalue weighted by atomic mass is 9.83. The van der Waals surface area contributed by atoms with Crippen molar-refractivity contribution in [1.29, 1.82) is 0 Å². The van der Waals surface area contributed by atoms with Gasteiger partial charge in [-0.25, -0.2) is 9.59 Å². The van der Waals surface area contributed by atoms with Crippen LogP contribution in [0.3, 0.4) is 0 Å². The zero-order chi connectivity index (χ0) is 20.8. The number of halogens is 2. The van der Waals surface area contributed by atoms with Crippen LogP contribution in [-0.4, -0.2) is 36.0 Å². The van der Waals surface area contributed by atoms with Crippen molar-refractivity contribution in [2.24, 2.45) is 0 Å². The van der Waals surface area contributed by atoms with E-state index in [4.69, 9.17) is 32.8 Å². The van der Waals surface area contributed by atoms with Crippen molar-refractivity contribution in [1.82, 2.24) is 24.9 Å². The molecule has 0 unspecified atom stereocenters. The van der Waals surface area contributed by atoms with Gasteiger partial charge in [0.2, 0.25) is 11.6 Å². The first-order chi connectivity index (χ1) is 13.0. The van der Waals surface area contributed by atoms with Gasteiger partial charge in [-0.15, -0.1) is 0 Å². The number of carbonyl (C=O) groups is 1. The zero-order valence-electron chi connectivity index (χ0n) is 14.8. The number of aryl methyl sites for hydroxylation is 1. The average molecular weight is 426 g/mol. The van der Waals surface area contributed by atoms with Crippen LogP contribution in [0.15, 0.2) is 26.2 Å². The first kappa shape index (κ1) is 19.8. The number of nitrogens with one attached hydrogen (secondary N) is 1. The Morgan fingerprint density at radius 2 is 1.86 bits per heavy atom. The first-order valence-corrected chi connectivity index (χ1v) is 8.55. The number of rotatable bonds is 4. The first-order valence-electron chi connectivity index (χ1n) is 7.80. The van der Waals surface area contributed by atoms with Crippen molar-refractivity contribution in [3.8, 4) is 5.69 Å². The molecule has 2 aromatic heterocycles. The normalized spacial score (nSPS) is 11.6. The Balaban J connectivity index is 2.19. The van der Waals surface area contributed by atoms with Crippen LogP contribution in [0.5, 0.6) is 0 Å². The molecule has 3 aromatic rings. The lowest BCUT2D eigenvalue weighted by molar-refractivity contribution is 0.0685. The van der Waals surface area contributed by atoms with Crippen LogP contribution < -0.4 is 11.2 Å². The Bertz CT molecular complexity index is 1190. The van der Waals surface area contributed by atoms with Crippen molar-refractivity contribution in [2.45, 2.75) is 26.2 Å². The molecule has 0 amide bonds. The van der Waals surface area contributed by atoms with Crippen LogP contribution in [0.4, 0.5) is 0 Å². The second-order valence-corrected chi connectivity index (χ2v) is 7.19. The predicted molar refractivity (Wildman–Crippen MR) is 98.6 cm³/mol. The minimum absolute atomic E-state index is 0.0718. The molecule has 0 bridgehead atoms. The molecule has 0 aliphatic heterocycles. The van der Waals surface area contributed by atoms with Gasteiger partial charge in [-0.05, 0) is 26.0 Å². The van der Waals surface area contributed by atoms with Crippen molar-refractivity contribution in [3.05, 3.63) is 66.0 Å². The van der Waals surface area contributed by atoms with Gasteiger partial charge in [-0.2, -0.15) is 14.8 Å². The quantitative estimate of drug-likeness (QED) is 0.644. The summed E-state index contributed by atoms with van der Waals surface area (Å²) in [5, 5.41) is 16.8. The van der Waals surface area contributed by atoms with Crippen LogP contribution in [0.2, 0.25) is 10.0 Å². The van der Waals surface area contributed by atoms with Gasteiger partial charge in [-0.1, -0.05) is 28.4 Å². The van der Waals surface area contributed by atoms with Gasteiger partial charge in [0.05, 0.1) is 11.1 Å². The van der Waals surface area contributed by atoms with Crippen molar-refractivity contribution < 1.29 is 14.4 Å². The molecule has 0 radical (unpaired) electrons. The maximum atomic E-state index is 12.1. The molecule has 0 saturated heterocycles. The topological polar surface area (TPSA) is 144 Å². The third-order valence-corrected chi connectivity index (χ3v) is 4.61. The molecule has 1 aromatic carbocycles. The smallest absolute Gasteiger partial charge is 0.362 e. The van der Waals surface area contributed by atoms with Crippen LogP contribution in [0.25, 0.3) is 5.69 Å². The molecule has 10 nitrogen and oxygen atoms in total. The molecule has 3 rings (SSSR count).